The lowest BCUT2D eigenvalue weighted by Gasteiger charge is -2.50. The highest BCUT2D eigenvalue weighted by atomic mass is 16.2. The van der Waals surface area contributed by atoms with Crippen molar-refractivity contribution in [2.24, 2.45) is 17.8 Å². The monoisotopic (exact) mass is 512 g/mol. The van der Waals surface area contributed by atoms with E-state index < -0.39 is 12.3 Å². The van der Waals surface area contributed by atoms with Crippen molar-refractivity contribution in [3.63, 3.8) is 0 Å². The Balaban J connectivity index is 1.53. The number of benzene rings is 1. The third-order valence-corrected chi connectivity index (χ3v) is 7.73. The molecule has 3 N–H and O–H groups in total. The molecule has 0 bridgehead atoms. The van der Waals surface area contributed by atoms with Gasteiger partial charge < -0.3 is 15.5 Å². The Labute approximate surface area is 219 Å². The van der Waals surface area contributed by atoms with Gasteiger partial charge in [0, 0.05) is 30.2 Å². The molecule has 2 heterocycles. The first-order chi connectivity index (χ1) is 17.7. The Bertz CT molecular complexity index is 1000. The Morgan fingerprint density at radius 1 is 1.11 bits per heavy atom. The van der Waals surface area contributed by atoms with Crippen LogP contribution in [-0.4, -0.2) is 70.0 Å². The minimum absolute atomic E-state index is 0.0160. The van der Waals surface area contributed by atoms with Crippen LogP contribution in [0.1, 0.15) is 59.8 Å². The zero-order valence-corrected chi connectivity index (χ0v) is 22.3. The van der Waals surface area contributed by atoms with E-state index in [4.69, 9.17) is 0 Å². The van der Waals surface area contributed by atoms with Crippen molar-refractivity contribution in [2.45, 2.75) is 78.2 Å². The molecule has 2 saturated heterocycles. The number of fused-ring (bicyclic) bond motifs is 3. The molecule has 1 saturated carbocycles. The second-order valence-electron chi connectivity index (χ2n) is 10.9. The molecule has 0 spiro atoms. The standard InChI is InChI=1S/C27H40N6O4/c1-5-18(4)28-24(35)19-11-12-21-22(15-19)33-26(31(25(21)36)14-13-17(2)3)30-32(27(33)37)16-23(34)29-20-9-7-6-8-10-20/h6-10,17-19,21-22,26,30H,5,11-16H2,1-4H3,(H,28,35)(H,29,34). The highest BCUT2D eigenvalue weighted by Crippen LogP contribution is 2.40. The van der Waals surface area contributed by atoms with Gasteiger partial charge in [-0.3, -0.25) is 19.3 Å². The number of hydrogen-bond acceptors (Lipinski definition) is 5. The second kappa shape index (κ2) is 11.5. The van der Waals surface area contributed by atoms with E-state index in [9.17, 15) is 19.2 Å². The van der Waals surface area contributed by atoms with E-state index in [1.54, 1.807) is 21.9 Å². The zero-order valence-electron chi connectivity index (χ0n) is 22.3. The van der Waals surface area contributed by atoms with Crippen molar-refractivity contribution in [1.82, 2.24) is 25.6 Å². The van der Waals surface area contributed by atoms with Crippen LogP contribution in [0, 0.1) is 17.8 Å². The van der Waals surface area contributed by atoms with Crippen molar-refractivity contribution >= 4 is 29.4 Å². The van der Waals surface area contributed by atoms with Gasteiger partial charge in [0.1, 0.15) is 6.54 Å². The van der Waals surface area contributed by atoms with E-state index >= 15 is 0 Å². The largest absolute Gasteiger partial charge is 0.353 e. The first-order valence-corrected chi connectivity index (χ1v) is 13.5. The molecule has 5 unspecified atom stereocenters. The van der Waals surface area contributed by atoms with Crippen LogP contribution >= 0.6 is 0 Å². The minimum Gasteiger partial charge on any atom is -0.353 e. The van der Waals surface area contributed by atoms with Gasteiger partial charge in [-0.25, -0.2) is 9.80 Å². The van der Waals surface area contributed by atoms with Crippen molar-refractivity contribution in [2.75, 3.05) is 18.4 Å². The Morgan fingerprint density at radius 3 is 2.51 bits per heavy atom. The summed E-state index contributed by atoms with van der Waals surface area (Å²) in [6, 6.07) is 8.41. The fraction of sp³-hybridized carbons (Fsp3) is 0.630. The highest BCUT2D eigenvalue weighted by Gasteiger charge is 2.56. The van der Waals surface area contributed by atoms with Crippen LogP contribution in [0.4, 0.5) is 10.5 Å². The average molecular weight is 513 g/mol. The fourth-order valence-electron chi connectivity index (χ4n) is 5.43. The molecule has 37 heavy (non-hydrogen) atoms. The van der Waals surface area contributed by atoms with E-state index in [2.05, 4.69) is 29.9 Å². The highest BCUT2D eigenvalue weighted by molar-refractivity contribution is 5.95. The predicted molar refractivity (Wildman–Crippen MR) is 140 cm³/mol. The number of para-hydroxylation sites is 1. The second-order valence-corrected chi connectivity index (χ2v) is 10.9. The topological polar surface area (TPSA) is 114 Å². The molecule has 4 rings (SSSR count). The van der Waals surface area contributed by atoms with E-state index in [1.807, 2.05) is 32.0 Å². The van der Waals surface area contributed by atoms with Crippen molar-refractivity contribution in [3.05, 3.63) is 30.3 Å². The molecular formula is C27H40N6O4. The van der Waals surface area contributed by atoms with E-state index in [0.29, 0.717) is 37.4 Å². The Hall–Kier alpha value is -3.14. The molecule has 2 aliphatic heterocycles. The number of amides is 5. The number of carbonyl (C=O) groups is 4. The third-order valence-electron chi connectivity index (χ3n) is 7.73. The van der Waals surface area contributed by atoms with Crippen LogP contribution < -0.4 is 16.1 Å². The molecule has 5 atom stereocenters. The van der Waals surface area contributed by atoms with Crippen LogP contribution in [-0.2, 0) is 14.4 Å². The van der Waals surface area contributed by atoms with E-state index in [1.165, 1.54) is 5.01 Å². The summed E-state index contributed by atoms with van der Waals surface area (Å²) in [7, 11) is 0. The summed E-state index contributed by atoms with van der Waals surface area (Å²) >= 11 is 0. The van der Waals surface area contributed by atoms with Gasteiger partial charge in [0.25, 0.3) is 0 Å². The van der Waals surface area contributed by atoms with Gasteiger partial charge in [0.2, 0.25) is 17.7 Å². The number of hydrogen-bond donors (Lipinski definition) is 3. The first kappa shape index (κ1) is 26.9. The Kier molecular flexibility index (Phi) is 8.36. The summed E-state index contributed by atoms with van der Waals surface area (Å²) in [4.78, 5) is 56.4. The number of carbonyl (C=O) groups excluding carboxylic acids is 4. The van der Waals surface area contributed by atoms with Gasteiger partial charge in [0.15, 0.2) is 6.29 Å². The molecule has 5 amide bonds. The van der Waals surface area contributed by atoms with Gasteiger partial charge in [0.05, 0.1) is 5.92 Å². The number of hydrazine groups is 1. The van der Waals surface area contributed by atoms with Crippen LogP contribution in [0.3, 0.4) is 0 Å². The molecule has 0 radical (unpaired) electrons. The van der Waals surface area contributed by atoms with Crippen molar-refractivity contribution in [1.29, 1.82) is 0 Å². The van der Waals surface area contributed by atoms with Gasteiger partial charge in [-0.15, -0.1) is 0 Å². The first-order valence-electron chi connectivity index (χ1n) is 13.5. The number of anilines is 1. The summed E-state index contributed by atoms with van der Waals surface area (Å²) in [5, 5.41) is 7.16. The fourth-order valence-corrected chi connectivity index (χ4v) is 5.43. The maximum absolute atomic E-state index is 13.6. The SMILES string of the molecule is CCC(C)NC(=O)C1CCC2C(=O)N(CCC(C)C)C3NN(CC(=O)Nc4ccccc4)C(=O)N3C2C1. The predicted octanol–water partition coefficient (Wildman–Crippen LogP) is 2.74. The molecule has 1 aliphatic carbocycles. The maximum Gasteiger partial charge on any atom is 0.337 e. The summed E-state index contributed by atoms with van der Waals surface area (Å²) in [6.45, 7) is 8.52. The molecule has 10 nitrogen and oxygen atoms in total. The number of rotatable bonds is 9. The van der Waals surface area contributed by atoms with Crippen LogP contribution in [0.15, 0.2) is 30.3 Å². The molecule has 3 fully saturated rings. The molecule has 3 aliphatic rings. The van der Waals surface area contributed by atoms with Gasteiger partial charge in [-0.2, -0.15) is 5.43 Å². The zero-order chi connectivity index (χ0) is 26.7. The lowest BCUT2D eigenvalue weighted by atomic mass is 9.75. The summed E-state index contributed by atoms with van der Waals surface area (Å²) in [5.41, 5.74) is 3.78. The lowest BCUT2D eigenvalue weighted by Crippen LogP contribution is -2.67. The summed E-state index contributed by atoms with van der Waals surface area (Å²) in [5.74, 6) is -0.544. The van der Waals surface area contributed by atoms with Crippen LogP contribution in [0.25, 0.3) is 0 Å². The average Bonchev–Trinajstić information content (AvgIpc) is 3.19. The van der Waals surface area contributed by atoms with Crippen LogP contribution in [0.5, 0.6) is 0 Å². The number of urea groups is 1. The Morgan fingerprint density at radius 2 is 1.84 bits per heavy atom. The van der Waals surface area contributed by atoms with E-state index in [-0.39, 0.29) is 48.2 Å². The normalized spacial score (nSPS) is 26.1. The molecule has 202 valence electrons. The number of nitrogens with one attached hydrogen (secondary N) is 3. The molecular weight excluding hydrogens is 472 g/mol. The van der Waals surface area contributed by atoms with Gasteiger partial charge >= 0.3 is 6.03 Å². The lowest BCUT2D eigenvalue weighted by molar-refractivity contribution is -0.159. The molecule has 1 aromatic carbocycles. The quantitative estimate of drug-likeness (QED) is 0.471. The van der Waals surface area contributed by atoms with Crippen molar-refractivity contribution < 1.29 is 19.2 Å². The summed E-state index contributed by atoms with van der Waals surface area (Å²) < 4.78 is 0. The summed E-state index contributed by atoms with van der Waals surface area (Å²) in [6.07, 6.45) is 2.59. The third kappa shape index (κ3) is 5.89. The number of nitrogens with zero attached hydrogens (tertiary/aromatic N) is 3. The smallest absolute Gasteiger partial charge is 0.337 e. The molecule has 10 heteroatoms. The minimum atomic E-state index is -0.666. The van der Waals surface area contributed by atoms with E-state index in [0.717, 1.165) is 12.8 Å². The van der Waals surface area contributed by atoms with Gasteiger partial charge in [-0.1, -0.05) is 39.0 Å². The van der Waals surface area contributed by atoms with Crippen molar-refractivity contribution in [3.8, 4) is 0 Å². The van der Waals surface area contributed by atoms with Gasteiger partial charge in [-0.05, 0) is 57.1 Å². The molecule has 1 aromatic rings. The molecule has 0 aromatic heterocycles. The van der Waals surface area contributed by atoms with Crippen LogP contribution in [0.2, 0.25) is 0 Å². The maximum atomic E-state index is 13.6.